The summed E-state index contributed by atoms with van der Waals surface area (Å²) in [4.78, 5) is 3.51. The van der Waals surface area contributed by atoms with Crippen molar-refractivity contribution in [2.45, 2.75) is 6.18 Å². The van der Waals surface area contributed by atoms with Gasteiger partial charge in [0.1, 0.15) is 5.82 Å². The van der Waals surface area contributed by atoms with Crippen molar-refractivity contribution in [1.29, 1.82) is 0 Å². The Bertz CT molecular complexity index is 624. The monoisotopic (exact) mass is 321 g/mol. The maximum atomic E-state index is 12.6. The first kappa shape index (κ1) is 14.7. The van der Waals surface area contributed by atoms with Crippen molar-refractivity contribution in [3.63, 3.8) is 0 Å². The lowest BCUT2D eigenvalue weighted by molar-refractivity contribution is -0.137. The summed E-state index contributed by atoms with van der Waals surface area (Å²) in [5, 5.41) is 3.19. The summed E-state index contributed by atoms with van der Waals surface area (Å²) < 4.78 is 37.9. The van der Waals surface area contributed by atoms with Crippen molar-refractivity contribution in [2.75, 3.05) is 11.1 Å². The van der Waals surface area contributed by atoms with Crippen LogP contribution in [0.2, 0.25) is 10.0 Å². The molecule has 1 heterocycles. The zero-order chi connectivity index (χ0) is 14.9. The molecule has 2 rings (SSSR count). The number of nitrogens with zero attached hydrogens (tertiary/aromatic N) is 1. The Balaban J connectivity index is 2.43. The van der Waals surface area contributed by atoms with Gasteiger partial charge in [-0.25, -0.2) is 4.98 Å². The van der Waals surface area contributed by atoms with E-state index in [-0.39, 0.29) is 27.2 Å². The van der Waals surface area contributed by atoms with Gasteiger partial charge in [-0.3, -0.25) is 0 Å². The van der Waals surface area contributed by atoms with Gasteiger partial charge in [-0.05, 0) is 18.2 Å². The van der Waals surface area contributed by atoms with Crippen molar-refractivity contribution in [1.82, 2.24) is 4.98 Å². The van der Waals surface area contributed by atoms with Crippen LogP contribution in [0, 0.1) is 0 Å². The molecular formula is C12H8Cl2F3N3. The molecule has 0 radical (unpaired) electrons. The highest BCUT2D eigenvalue weighted by Crippen LogP contribution is 2.36. The van der Waals surface area contributed by atoms with Crippen LogP contribution < -0.4 is 11.1 Å². The molecule has 0 spiro atoms. The Hall–Kier alpha value is -1.66. The van der Waals surface area contributed by atoms with Gasteiger partial charge in [-0.15, -0.1) is 0 Å². The molecule has 1 aromatic heterocycles. The van der Waals surface area contributed by atoms with Gasteiger partial charge in [-0.1, -0.05) is 29.3 Å². The molecule has 0 unspecified atom stereocenters. The number of benzene rings is 1. The minimum atomic E-state index is -4.51. The predicted molar refractivity (Wildman–Crippen MR) is 73.4 cm³/mol. The van der Waals surface area contributed by atoms with Gasteiger partial charge in [0.05, 0.1) is 27.0 Å². The average Bonchev–Trinajstić information content (AvgIpc) is 2.34. The van der Waals surface area contributed by atoms with E-state index in [4.69, 9.17) is 28.9 Å². The van der Waals surface area contributed by atoms with Crippen LogP contribution in [0.25, 0.3) is 0 Å². The van der Waals surface area contributed by atoms with E-state index in [1.165, 1.54) is 0 Å². The third kappa shape index (κ3) is 3.08. The highest BCUT2D eigenvalue weighted by Gasteiger charge is 2.31. The number of para-hydroxylation sites is 1. The minimum absolute atomic E-state index is 0.0187. The van der Waals surface area contributed by atoms with Crippen LogP contribution in [-0.4, -0.2) is 4.98 Å². The Morgan fingerprint density at radius 2 is 1.75 bits per heavy atom. The van der Waals surface area contributed by atoms with E-state index in [1.807, 2.05) is 0 Å². The first-order valence-electron chi connectivity index (χ1n) is 5.33. The molecule has 8 heteroatoms. The molecule has 0 atom stereocenters. The van der Waals surface area contributed by atoms with Gasteiger partial charge < -0.3 is 11.1 Å². The summed E-state index contributed by atoms with van der Waals surface area (Å²) in [6.45, 7) is 0. The summed E-state index contributed by atoms with van der Waals surface area (Å²) in [6.07, 6.45) is -3.85. The number of nitrogen functional groups attached to an aromatic ring is 1. The normalized spacial score (nSPS) is 11.4. The summed E-state index contributed by atoms with van der Waals surface area (Å²) in [7, 11) is 0. The number of anilines is 3. The smallest absolute Gasteiger partial charge is 0.382 e. The molecule has 1 aromatic carbocycles. The Morgan fingerprint density at radius 3 is 2.30 bits per heavy atom. The van der Waals surface area contributed by atoms with Crippen LogP contribution in [0.15, 0.2) is 30.5 Å². The van der Waals surface area contributed by atoms with Crippen LogP contribution in [0.5, 0.6) is 0 Å². The molecule has 0 aliphatic heterocycles. The predicted octanol–water partition coefficient (Wildman–Crippen LogP) is 4.73. The number of nitrogens with one attached hydrogen (secondary N) is 1. The van der Waals surface area contributed by atoms with Crippen molar-refractivity contribution in [3.8, 4) is 0 Å². The van der Waals surface area contributed by atoms with E-state index in [9.17, 15) is 13.2 Å². The quantitative estimate of drug-likeness (QED) is 0.840. The first-order chi connectivity index (χ1) is 9.29. The summed E-state index contributed by atoms with van der Waals surface area (Å²) in [6, 6.07) is 5.56. The van der Waals surface area contributed by atoms with Crippen LogP contribution in [0.1, 0.15) is 5.56 Å². The number of hydrogen-bond donors (Lipinski definition) is 2. The molecule has 0 aliphatic rings. The summed E-state index contributed by atoms with van der Waals surface area (Å²) in [5.41, 5.74) is 4.88. The fourth-order valence-electron chi connectivity index (χ4n) is 1.48. The topological polar surface area (TPSA) is 50.9 Å². The second-order valence-corrected chi connectivity index (χ2v) is 4.69. The van der Waals surface area contributed by atoms with E-state index < -0.39 is 11.7 Å². The lowest BCUT2D eigenvalue weighted by Crippen LogP contribution is -2.08. The van der Waals surface area contributed by atoms with Crippen molar-refractivity contribution in [3.05, 3.63) is 46.1 Å². The third-order valence-corrected chi connectivity index (χ3v) is 3.10. The van der Waals surface area contributed by atoms with E-state index in [0.717, 1.165) is 6.07 Å². The number of rotatable bonds is 2. The molecule has 3 N–H and O–H groups in total. The molecule has 0 bridgehead atoms. The second-order valence-electron chi connectivity index (χ2n) is 3.88. The minimum Gasteiger partial charge on any atom is -0.382 e. The number of aromatic nitrogens is 1. The van der Waals surface area contributed by atoms with Gasteiger partial charge in [0.15, 0.2) is 0 Å². The molecule has 0 saturated heterocycles. The Morgan fingerprint density at radius 1 is 1.15 bits per heavy atom. The molecule has 0 fully saturated rings. The van der Waals surface area contributed by atoms with Gasteiger partial charge in [0.25, 0.3) is 0 Å². The van der Waals surface area contributed by atoms with Gasteiger partial charge in [0, 0.05) is 6.20 Å². The number of hydrogen-bond acceptors (Lipinski definition) is 3. The van der Waals surface area contributed by atoms with Gasteiger partial charge in [-0.2, -0.15) is 13.2 Å². The third-order valence-electron chi connectivity index (χ3n) is 2.47. The van der Waals surface area contributed by atoms with E-state index in [2.05, 4.69) is 10.3 Å². The van der Waals surface area contributed by atoms with Crippen LogP contribution in [0.4, 0.5) is 30.4 Å². The Kier molecular flexibility index (Phi) is 3.96. The highest BCUT2D eigenvalue weighted by atomic mass is 35.5. The fraction of sp³-hybridized carbons (Fsp3) is 0.0833. The van der Waals surface area contributed by atoms with Crippen LogP contribution in [0.3, 0.4) is 0 Å². The number of pyridine rings is 1. The number of nitrogens with two attached hydrogens (primary N) is 1. The number of alkyl halides is 3. The van der Waals surface area contributed by atoms with E-state index in [1.54, 1.807) is 18.2 Å². The van der Waals surface area contributed by atoms with Crippen molar-refractivity contribution < 1.29 is 13.2 Å². The average molecular weight is 322 g/mol. The molecule has 2 aromatic rings. The lowest BCUT2D eigenvalue weighted by atomic mass is 10.2. The van der Waals surface area contributed by atoms with Crippen molar-refractivity contribution in [2.24, 2.45) is 0 Å². The van der Waals surface area contributed by atoms with E-state index >= 15 is 0 Å². The fourth-order valence-corrected chi connectivity index (χ4v) is 1.97. The lowest BCUT2D eigenvalue weighted by Gasteiger charge is -2.14. The zero-order valence-corrected chi connectivity index (χ0v) is 11.3. The number of halogens is 5. The highest BCUT2D eigenvalue weighted by molar-refractivity contribution is 6.39. The summed E-state index contributed by atoms with van der Waals surface area (Å²) in [5.74, 6) is -0.0889. The second kappa shape index (κ2) is 5.38. The standard InChI is InChI=1S/C12H8Cl2F3N3/c13-7-2-1-3-8(14)10(7)20-9-4-6(12(15,16)17)5-19-11(9)18/h1-5,20H,(H2,18,19). The first-order valence-corrected chi connectivity index (χ1v) is 6.08. The SMILES string of the molecule is Nc1ncc(C(F)(F)F)cc1Nc1c(Cl)cccc1Cl. The zero-order valence-electron chi connectivity index (χ0n) is 9.80. The molecule has 0 saturated carbocycles. The Labute approximate surface area is 122 Å². The van der Waals surface area contributed by atoms with Crippen molar-refractivity contribution >= 4 is 40.4 Å². The van der Waals surface area contributed by atoms with Gasteiger partial charge in [0.2, 0.25) is 0 Å². The van der Waals surface area contributed by atoms with Crippen LogP contribution >= 0.6 is 23.2 Å². The molecule has 0 amide bonds. The molecule has 106 valence electrons. The maximum absolute atomic E-state index is 12.6. The molecular weight excluding hydrogens is 314 g/mol. The maximum Gasteiger partial charge on any atom is 0.417 e. The summed E-state index contributed by atoms with van der Waals surface area (Å²) >= 11 is 11.9. The molecule has 20 heavy (non-hydrogen) atoms. The molecule has 0 aliphatic carbocycles. The van der Waals surface area contributed by atoms with Gasteiger partial charge >= 0.3 is 6.18 Å². The van der Waals surface area contributed by atoms with E-state index in [0.29, 0.717) is 6.20 Å². The molecule has 3 nitrogen and oxygen atoms in total. The largest absolute Gasteiger partial charge is 0.417 e. The van der Waals surface area contributed by atoms with Crippen LogP contribution in [-0.2, 0) is 6.18 Å².